The standard InChI is InChI=1S/C16H15Cl2NO2/c1-10-6-7-15(19-11(2)20)16(8-10)21-9-12-13(17)4-3-5-14(12)18/h3-8H,9H2,1-2H3,(H,19,20). The van der Waals surface area contributed by atoms with Gasteiger partial charge in [-0.05, 0) is 36.8 Å². The van der Waals surface area contributed by atoms with E-state index in [4.69, 9.17) is 27.9 Å². The van der Waals surface area contributed by atoms with Crippen molar-refractivity contribution in [1.82, 2.24) is 0 Å². The number of hydrogen-bond donors (Lipinski definition) is 1. The number of ether oxygens (including phenoxy) is 1. The maximum absolute atomic E-state index is 11.2. The van der Waals surface area contributed by atoms with E-state index in [2.05, 4.69) is 5.32 Å². The molecule has 0 saturated carbocycles. The highest BCUT2D eigenvalue weighted by molar-refractivity contribution is 6.35. The quantitative estimate of drug-likeness (QED) is 0.874. The molecule has 0 fully saturated rings. The van der Waals surface area contributed by atoms with E-state index >= 15 is 0 Å². The minimum absolute atomic E-state index is 0.153. The highest BCUT2D eigenvalue weighted by Crippen LogP contribution is 2.30. The molecule has 0 saturated heterocycles. The zero-order chi connectivity index (χ0) is 15.4. The Kier molecular flexibility index (Phi) is 5.10. The van der Waals surface area contributed by atoms with Crippen LogP contribution in [0.3, 0.4) is 0 Å². The van der Waals surface area contributed by atoms with Gasteiger partial charge in [0.15, 0.2) is 0 Å². The summed E-state index contributed by atoms with van der Waals surface area (Å²) in [5.74, 6) is 0.431. The van der Waals surface area contributed by atoms with Crippen molar-refractivity contribution in [2.45, 2.75) is 20.5 Å². The largest absolute Gasteiger partial charge is 0.487 e. The van der Waals surface area contributed by atoms with Gasteiger partial charge in [-0.3, -0.25) is 4.79 Å². The fourth-order valence-corrected chi connectivity index (χ4v) is 2.37. The van der Waals surface area contributed by atoms with Crippen LogP contribution in [0.4, 0.5) is 5.69 Å². The molecule has 0 unspecified atom stereocenters. The molecule has 0 radical (unpaired) electrons. The molecule has 0 aliphatic heterocycles. The van der Waals surface area contributed by atoms with E-state index in [9.17, 15) is 4.79 Å². The fraction of sp³-hybridized carbons (Fsp3) is 0.188. The summed E-state index contributed by atoms with van der Waals surface area (Å²) in [6, 6.07) is 10.9. The van der Waals surface area contributed by atoms with E-state index in [1.807, 2.05) is 19.1 Å². The topological polar surface area (TPSA) is 38.3 Å². The minimum Gasteiger partial charge on any atom is -0.487 e. The zero-order valence-electron chi connectivity index (χ0n) is 11.7. The summed E-state index contributed by atoms with van der Waals surface area (Å²) in [7, 11) is 0. The van der Waals surface area contributed by atoms with Gasteiger partial charge in [-0.25, -0.2) is 0 Å². The smallest absolute Gasteiger partial charge is 0.221 e. The van der Waals surface area contributed by atoms with Crippen LogP contribution in [0.1, 0.15) is 18.1 Å². The molecule has 21 heavy (non-hydrogen) atoms. The zero-order valence-corrected chi connectivity index (χ0v) is 13.3. The van der Waals surface area contributed by atoms with Crippen LogP contribution in [0.5, 0.6) is 5.75 Å². The van der Waals surface area contributed by atoms with Gasteiger partial charge in [0.25, 0.3) is 0 Å². The van der Waals surface area contributed by atoms with Gasteiger partial charge in [0, 0.05) is 22.5 Å². The van der Waals surface area contributed by atoms with E-state index in [1.165, 1.54) is 6.92 Å². The van der Waals surface area contributed by atoms with Gasteiger partial charge in [0.2, 0.25) is 5.91 Å². The number of nitrogens with one attached hydrogen (secondary N) is 1. The van der Waals surface area contributed by atoms with E-state index < -0.39 is 0 Å². The number of carbonyl (C=O) groups is 1. The number of anilines is 1. The Morgan fingerprint density at radius 2 is 1.86 bits per heavy atom. The van der Waals surface area contributed by atoms with Crippen LogP contribution in [0, 0.1) is 6.92 Å². The Morgan fingerprint density at radius 1 is 1.19 bits per heavy atom. The van der Waals surface area contributed by atoms with Gasteiger partial charge >= 0.3 is 0 Å². The molecule has 0 heterocycles. The highest BCUT2D eigenvalue weighted by atomic mass is 35.5. The first kappa shape index (κ1) is 15.7. The first-order chi connectivity index (χ1) is 9.97. The molecule has 1 N–H and O–H groups in total. The van der Waals surface area contributed by atoms with Crippen LogP contribution in [-0.2, 0) is 11.4 Å². The summed E-state index contributed by atoms with van der Waals surface area (Å²) in [4.78, 5) is 11.2. The summed E-state index contributed by atoms with van der Waals surface area (Å²) >= 11 is 12.2. The summed E-state index contributed by atoms with van der Waals surface area (Å²) in [5.41, 5.74) is 2.37. The molecule has 0 atom stereocenters. The summed E-state index contributed by atoms with van der Waals surface area (Å²) in [5, 5.41) is 3.84. The third kappa shape index (κ3) is 4.13. The number of aryl methyl sites for hydroxylation is 1. The molecule has 0 aliphatic rings. The average Bonchev–Trinajstić information content (AvgIpc) is 2.40. The predicted octanol–water partition coefficient (Wildman–Crippen LogP) is 4.84. The van der Waals surface area contributed by atoms with Crippen molar-refractivity contribution in [3.05, 3.63) is 57.6 Å². The van der Waals surface area contributed by atoms with Crippen molar-refractivity contribution in [3.8, 4) is 5.75 Å². The molecule has 0 aromatic heterocycles. The Morgan fingerprint density at radius 3 is 2.48 bits per heavy atom. The van der Waals surface area contributed by atoms with Crippen LogP contribution in [0.2, 0.25) is 10.0 Å². The van der Waals surface area contributed by atoms with Gasteiger partial charge in [0.1, 0.15) is 12.4 Å². The van der Waals surface area contributed by atoms with Crippen molar-refractivity contribution >= 4 is 34.8 Å². The fourth-order valence-electron chi connectivity index (χ4n) is 1.86. The van der Waals surface area contributed by atoms with Crippen LogP contribution in [-0.4, -0.2) is 5.91 Å². The van der Waals surface area contributed by atoms with Crippen molar-refractivity contribution in [2.75, 3.05) is 5.32 Å². The SMILES string of the molecule is CC(=O)Nc1ccc(C)cc1OCc1c(Cl)cccc1Cl. The number of rotatable bonds is 4. The molecule has 1 amide bonds. The molecule has 2 aromatic carbocycles. The van der Waals surface area contributed by atoms with E-state index in [0.29, 0.717) is 21.5 Å². The Labute approximate surface area is 133 Å². The van der Waals surface area contributed by atoms with Gasteiger partial charge < -0.3 is 10.1 Å². The maximum atomic E-state index is 11.2. The van der Waals surface area contributed by atoms with Crippen LogP contribution in [0.25, 0.3) is 0 Å². The van der Waals surface area contributed by atoms with Gasteiger partial charge in [-0.1, -0.05) is 35.3 Å². The molecule has 0 aliphatic carbocycles. The first-order valence-electron chi connectivity index (χ1n) is 6.41. The average molecular weight is 324 g/mol. The second-order valence-corrected chi connectivity index (χ2v) is 5.48. The number of benzene rings is 2. The monoisotopic (exact) mass is 323 g/mol. The van der Waals surface area contributed by atoms with Gasteiger partial charge in [0.05, 0.1) is 5.69 Å². The summed E-state index contributed by atoms with van der Waals surface area (Å²) < 4.78 is 5.78. The molecule has 110 valence electrons. The summed E-state index contributed by atoms with van der Waals surface area (Å²) in [6.07, 6.45) is 0. The van der Waals surface area contributed by atoms with Gasteiger partial charge in [-0.15, -0.1) is 0 Å². The van der Waals surface area contributed by atoms with Crippen molar-refractivity contribution < 1.29 is 9.53 Å². The lowest BCUT2D eigenvalue weighted by molar-refractivity contribution is -0.114. The lowest BCUT2D eigenvalue weighted by atomic mass is 10.2. The molecular weight excluding hydrogens is 309 g/mol. The molecule has 5 heteroatoms. The number of hydrogen-bond acceptors (Lipinski definition) is 2. The van der Waals surface area contributed by atoms with Crippen molar-refractivity contribution in [2.24, 2.45) is 0 Å². The Hall–Kier alpha value is -1.71. The van der Waals surface area contributed by atoms with E-state index in [-0.39, 0.29) is 12.5 Å². The number of amides is 1. The minimum atomic E-state index is -0.153. The molecule has 2 rings (SSSR count). The van der Waals surface area contributed by atoms with Crippen LogP contribution >= 0.6 is 23.2 Å². The molecule has 0 bridgehead atoms. The summed E-state index contributed by atoms with van der Waals surface area (Å²) in [6.45, 7) is 3.63. The van der Waals surface area contributed by atoms with Crippen LogP contribution in [0.15, 0.2) is 36.4 Å². The molecule has 2 aromatic rings. The Balaban J connectivity index is 2.23. The predicted molar refractivity (Wildman–Crippen MR) is 86.3 cm³/mol. The second kappa shape index (κ2) is 6.83. The van der Waals surface area contributed by atoms with Crippen LogP contribution < -0.4 is 10.1 Å². The van der Waals surface area contributed by atoms with E-state index in [1.54, 1.807) is 24.3 Å². The van der Waals surface area contributed by atoms with Gasteiger partial charge in [-0.2, -0.15) is 0 Å². The molecular formula is C16H15Cl2NO2. The molecule has 3 nitrogen and oxygen atoms in total. The highest BCUT2D eigenvalue weighted by Gasteiger charge is 2.10. The Bertz CT molecular complexity index is 651. The van der Waals surface area contributed by atoms with Crippen molar-refractivity contribution in [3.63, 3.8) is 0 Å². The third-order valence-corrected chi connectivity index (χ3v) is 3.59. The lowest BCUT2D eigenvalue weighted by Gasteiger charge is -2.14. The number of carbonyl (C=O) groups excluding carboxylic acids is 1. The second-order valence-electron chi connectivity index (χ2n) is 4.67. The third-order valence-electron chi connectivity index (χ3n) is 2.88. The van der Waals surface area contributed by atoms with Crippen molar-refractivity contribution in [1.29, 1.82) is 0 Å². The lowest BCUT2D eigenvalue weighted by Crippen LogP contribution is -2.08. The molecule has 0 spiro atoms. The number of halogens is 2. The van der Waals surface area contributed by atoms with E-state index in [0.717, 1.165) is 11.1 Å². The maximum Gasteiger partial charge on any atom is 0.221 e. The first-order valence-corrected chi connectivity index (χ1v) is 7.17. The normalized spacial score (nSPS) is 10.3.